The highest BCUT2D eigenvalue weighted by Gasteiger charge is 2.31. The molecule has 0 bridgehead atoms. The highest BCUT2D eigenvalue weighted by atomic mass is 16.7. The van der Waals surface area contributed by atoms with Crippen LogP contribution in [0.3, 0.4) is 0 Å². The van der Waals surface area contributed by atoms with Crippen LogP contribution in [0, 0.1) is 13.8 Å². The van der Waals surface area contributed by atoms with Crippen molar-refractivity contribution in [3.8, 4) is 22.9 Å². The highest BCUT2D eigenvalue weighted by Crippen LogP contribution is 2.36. The maximum absolute atomic E-state index is 5.52. The molecule has 0 spiro atoms. The predicted molar refractivity (Wildman–Crippen MR) is 98.1 cm³/mol. The van der Waals surface area contributed by atoms with Crippen molar-refractivity contribution >= 4 is 0 Å². The predicted octanol–water partition coefficient (Wildman–Crippen LogP) is 3.36. The average Bonchev–Trinajstić information content (AvgIpc) is 3.40. The summed E-state index contributed by atoms with van der Waals surface area (Å²) in [6, 6.07) is 12.3. The van der Waals surface area contributed by atoms with Crippen molar-refractivity contribution in [3.05, 3.63) is 59.0 Å². The number of hydrazine groups is 1. The zero-order valence-electron chi connectivity index (χ0n) is 15.2. The van der Waals surface area contributed by atoms with Crippen molar-refractivity contribution in [2.24, 2.45) is 0 Å². The van der Waals surface area contributed by atoms with Crippen molar-refractivity contribution in [2.45, 2.75) is 32.4 Å². The minimum Gasteiger partial charge on any atom is -0.454 e. The van der Waals surface area contributed by atoms with Crippen molar-refractivity contribution in [1.82, 2.24) is 21.0 Å². The Morgan fingerprint density at radius 3 is 2.70 bits per heavy atom. The first-order chi connectivity index (χ1) is 13.2. The largest absolute Gasteiger partial charge is 0.454 e. The van der Waals surface area contributed by atoms with Crippen LogP contribution in [0.4, 0.5) is 0 Å². The Morgan fingerprint density at radius 2 is 1.81 bits per heavy atom. The number of aryl methyl sites for hydroxylation is 2. The molecular weight excluding hydrogens is 344 g/mol. The van der Waals surface area contributed by atoms with Gasteiger partial charge in [-0.25, -0.2) is 10.9 Å². The highest BCUT2D eigenvalue weighted by molar-refractivity contribution is 5.61. The Morgan fingerprint density at radius 1 is 0.963 bits per heavy atom. The number of benzene rings is 2. The van der Waals surface area contributed by atoms with Gasteiger partial charge in [0.2, 0.25) is 18.5 Å². The zero-order chi connectivity index (χ0) is 18.4. The molecule has 27 heavy (non-hydrogen) atoms. The number of nitrogens with one attached hydrogen (secondary N) is 2. The van der Waals surface area contributed by atoms with Crippen molar-refractivity contribution in [1.29, 1.82) is 0 Å². The fourth-order valence-electron chi connectivity index (χ4n) is 3.67. The molecule has 2 aliphatic heterocycles. The molecule has 2 aliphatic rings. The summed E-state index contributed by atoms with van der Waals surface area (Å²) in [6.07, 6.45) is 0.840. The fraction of sp³-hybridized carbons (Fsp3) is 0.300. The third-order valence-corrected chi connectivity index (χ3v) is 5.07. The summed E-state index contributed by atoms with van der Waals surface area (Å²) in [5, 5.41) is 4.13. The Bertz CT molecular complexity index is 1000. The van der Waals surface area contributed by atoms with Gasteiger partial charge in [-0.15, -0.1) is 0 Å². The van der Waals surface area contributed by atoms with E-state index >= 15 is 0 Å². The number of nitrogens with zero attached hydrogens (tertiary/aromatic N) is 2. The van der Waals surface area contributed by atoms with Crippen LogP contribution < -0.4 is 20.3 Å². The van der Waals surface area contributed by atoms with E-state index in [0.717, 1.165) is 17.7 Å². The van der Waals surface area contributed by atoms with Gasteiger partial charge in [0.25, 0.3) is 0 Å². The second-order valence-electron chi connectivity index (χ2n) is 7.01. The van der Waals surface area contributed by atoms with E-state index in [2.05, 4.69) is 53.0 Å². The molecule has 2 unspecified atom stereocenters. The molecule has 1 saturated heterocycles. The Labute approximate surface area is 156 Å². The van der Waals surface area contributed by atoms with E-state index in [4.69, 9.17) is 14.0 Å². The number of hydrogen-bond donors (Lipinski definition) is 2. The van der Waals surface area contributed by atoms with Gasteiger partial charge in [-0.1, -0.05) is 28.9 Å². The van der Waals surface area contributed by atoms with Crippen molar-refractivity contribution in [3.63, 3.8) is 0 Å². The Kier molecular flexibility index (Phi) is 3.84. The summed E-state index contributed by atoms with van der Waals surface area (Å²) in [4.78, 5) is 4.58. The second kappa shape index (κ2) is 6.37. The third kappa shape index (κ3) is 2.94. The molecule has 138 valence electrons. The van der Waals surface area contributed by atoms with Gasteiger partial charge < -0.3 is 14.0 Å². The summed E-state index contributed by atoms with van der Waals surface area (Å²) < 4.78 is 16.3. The van der Waals surface area contributed by atoms with Crippen molar-refractivity contribution in [2.75, 3.05) is 6.79 Å². The van der Waals surface area contributed by atoms with E-state index in [1.165, 1.54) is 16.7 Å². The van der Waals surface area contributed by atoms with Gasteiger partial charge in [0.15, 0.2) is 11.5 Å². The molecule has 7 nitrogen and oxygen atoms in total. The van der Waals surface area contributed by atoms with E-state index in [1.807, 2.05) is 18.2 Å². The SMILES string of the molecule is Cc1ccc(C2CC(c3nc(-c4ccc5c(c4)OCO5)no3)NN2)c(C)c1. The summed E-state index contributed by atoms with van der Waals surface area (Å²) in [5.74, 6) is 2.55. The lowest BCUT2D eigenvalue weighted by atomic mass is 9.96. The Hall–Kier alpha value is -2.90. The van der Waals surface area contributed by atoms with E-state index in [1.54, 1.807) is 0 Å². The Balaban J connectivity index is 1.35. The van der Waals surface area contributed by atoms with Crippen LogP contribution in [0.5, 0.6) is 11.5 Å². The molecule has 1 aromatic heterocycles. The van der Waals surface area contributed by atoms with Crippen molar-refractivity contribution < 1.29 is 14.0 Å². The second-order valence-corrected chi connectivity index (χ2v) is 7.01. The summed E-state index contributed by atoms with van der Waals surface area (Å²) in [5.41, 5.74) is 11.3. The van der Waals surface area contributed by atoms with Crippen LogP contribution in [0.25, 0.3) is 11.4 Å². The lowest BCUT2D eigenvalue weighted by molar-refractivity contribution is 0.174. The molecule has 0 aliphatic carbocycles. The van der Waals surface area contributed by atoms with E-state index in [-0.39, 0.29) is 18.9 Å². The van der Waals surface area contributed by atoms with Crippen LogP contribution in [-0.4, -0.2) is 16.9 Å². The number of hydrogen-bond acceptors (Lipinski definition) is 7. The van der Waals surface area contributed by atoms with Gasteiger partial charge in [-0.3, -0.25) is 0 Å². The third-order valence-electron chi connectivity index (χ3n) is 5.07. The van der Waals surface area contributed by atoms with Gasteiger partial charge in [0.05, 0.1) is 0 Å². The fourth-order valence-corrected chi connectivity index (χ4v) is 3.67. The summed E-state index contributed by atoms with van der Waals surface area (Å²) >= 11 is 0. The van der Waals surface area contributed by atoms with Crippen LogP contribution >= 0.6 is 0 Å². The molecule has 2 aromatic carbocycles. The monoisotopic (exact) mass is 364 g/mol. The minimum atomic E-state index is -0.0361. The van der Waals surface area contributed by atoms with Gasteiger partial charge >= 0.3 is 0 Å². The minimum absolute atomic E-state index is 0.0361. The topological polar surface area (TPSA) is 81.4 Å². The van der Waals surface area contributed by atoms with Crippen LogP contribution in [0.1, 0.15) is 41.1 Å². The molecular formula is C20H20N4O3. The number of aromatic nitrogens is 2. The molecule has 0 saturated carbocycles. The first kappa shape index (κ1) is 16.3. The number of ether oxygens (including phenoxy) is 2. The summed E-state index contributed by atoms with van der Waals surface area (Å²) in [7, 11) is 0. The molecule has 5 rings (SSSR count). The molecule has 3 heterocycles. The van der Waals surface area contributed by atoms with E-state index in [0.29, 0.717) is 17.5 Å². The molecule has 1 fully saturated rings. The van der Waals surface area contributed by atoms with Gasteiger partial charge in [0, 0.05) is 11.6 Å². The molecule has 2 N–H and O–H groups in total. The van der Waals surface area contributed by atoms with Gasteiger partial charge in [-0.2, -0.15) is 4.98 Å². The zero-order valence-corrected chi connectivity index (χ0v) is 15.2. The standard InChI is InChI=1S/C20H20N4O3/c1-11-3-5-14(12(2)7-11)15-9-16(23-22-15)20-21-19(24-27-20)13-4-6-17-18(8-13)26-10-25-17/h3-8,15-16,22-23H,9-10H2,1-2H3. The maximum Gasteiger partial charge on any atom is 0.245 e. The average molecular weight is 364 g/mol. The quantitative estimate of drug-likeness (QED) is 0.737. The smallest absolute Gasteiger partial charge is 0.245 e. The van der Waals surface area contributed by atoms with Crippen LogP contribution in [-0.2, 0) is 0 Å². The normalized spacial score (nSPS) is 21.0. The molecule has 0 amide bonds. The lowest BCUT2D eigenvalue weighted by Crippen LogP contribution is -2.27. The molecule has 0 radical (unpaired) electrons. The first-order valence-electron chi connectivity index (χ1n) is 8.99. The van der Waals surface area contributed by atoms with Crippen LogP contribution in [0.2, 0.25) is 0 Å². The molecule has 2 atom stereocenters. The van der Waals surface area contributed by atoms with E-state index < -0.39 is 0 Å². The number of rotatable bonds is 3. The summed E-state index contributed by atoms with van der Waals surface area (Å²) in [6.45, 7) is 4.49. The first-order valence-corrected chi connectivity index (χ1v) is 8.99. The lowest BCUT2D eigenvalue weighted by Gasteiger charge is -2.13. The molecule has 3 aromatic rings. The molecule has 7 heteroatoms. The van der Waals surface area contributed by atoms with Gasteiger partial charge in [-0.05, 0) is 49.6 Å². The maximum atomic E-state index is 5.52. The van der Waals surface area contributed by atoms with Crippen LogP contribution in [0.15, 0.2) is 40.9 Å². The number of fused-ring (bicyclic) bond motifs is 1. The van der Waals surface area contributed by atoms with E-state index in [9.17, 15) is 0 Å². The van der Waals surface area contributed by atoms with Gasteiger partial charge in [0.1, 0.15) is 6.04 Å².